The van der Waals surface area contributed by atoms with Crippen molar-refractivity contribution < 1.29 is 9.53 Å². The number of anilines is 2. The van der Waals surface area contributed by atoms with Crippen molar-refractivity contribution >= 4 is 17.7 Å². The fraction of sp³-hybridized carbons (Fsp3) is 0.471. The molecule has 0 unspecified atom stereocenters. The van der Waals surface area contributed by atoms with Crippen molar-refractivity contribution in [2.45, 2.75) is 0 Å². The highest BCUT2D eigenvalue weighted by Gasteiger charge is 2.25. The van der Waals surface area contributed by atoms with Gasteiger partial charge in [-0.1, -0.05) is 0 Å². The highest BCUT2D eigenvalue weighted by Crippen LogP contribution is 2.16. The van der Waals surface area contributed by atoms with Gasteiger partial charge in [-0.05, 0) is 6.07 Å². The van der Waals surface area contributed by atoms with Gasteiger partial charge in [-0.15, -0.1) is 0 Å². The third-order valence-corrected chi connectivity index (χ3v) is 4.61. The van der Waals surface area contributed by atoms with Crippen LogP contribution in [0.3, 0.4) is 0 Å². The van der Waals surface area contributed by atoms with Gasteiger partial charge in [-0.3, -0.25) is 4.79 Å². The molecule has 9 heteroatoms. The van der Waals surface area contributed by atoms with Crippen LogP contribution in [0.25, 0.3) is 0 Å². The van der Waals surface area contributed by atoms with Gasteiger partial charge in [0.05, 0.1) is 13.2 Å². The fourth-order valence-corrected chi connectivity index (χ4v) is 3.16. The molecule has 2 fully saturated rings. The number of piperazine rings is 1. The SMILES string of the molecule is O=C(c1cc(N2CCOCC2)ncn1)N1CCN(c2ncccn2)CC1. The molecule has 4 rings (SSSR count). The molecule has 0 aromatic carbocycles. The first-order valence-electron chi connectivity index (χ1n) is 8.77. The summed E-state index contributed by atoms with van der Waals surface area (Å²) in [6.45, 7) is 5.56. The Morgan fingerprint density at radius 3 is 2.35 bits per heavy atom. The van der Waals surface area contributed by atoms with Crippen LogP contribution in [0.2, 0.25) is 0 Å². The summed E-state index contributed by atoms with van der Waals surface area (Å²) in [7, 11) is 0. The topological polar surface area (TPSA) is 87.6 Å². The molecule has 136 valence electrons. The third-order valence-electron chi connectivity index (χ3n) is 4.61. The second-order valence-electron chi connectivity index (χ2n) is 6.19. The van der Waals surface area contributed by atoms with Crippen LogP contribution in [0, 0.1) is 0 Å². The lowest BCUT2D eigenvalue weighted by atomic mass is 10.2. The predicted octanol–water partition coefficient (Wildman–Crippen LogP) is 0.0656. The Bertz CT molecular complexity index is 744. The summed E-state index contributed by atoms with van der Waals surface area (Å²) < 4.78 is 5.37. The van der Waals surface area contributed by atoms with Crippen LogP contribution in [-0.2, 0) is 4.74 Å². The molecular formula is C17H21N7O2. The Kier molecular flexibility index (Phi) is 4.87. The highest BCUT2D eigenvalue weighted by molar-refractivity contribution is 5.93. The van der Waals surface area contributed by atoms with Gasteiger partial charge in [0.15, 0.2) is 0 Å². The van der Waals surface area contributed by atoms with E-state index in [1.165, 1.54) is 6.33 Å². The Morgan fingerprint density at radius 2 is 1.62 bits per heavy atom. The van der Waals surface area contributed by atoms with Crippen molar-refractivity contribution in [3.63, 3.8) is 0 Å². The van der Waals surface area contributed by atoms with E-state index in [0.29, 0.717) is 51.0 Å². The Labute approximate surface area is 151 Å². The van der Waals surface area contributed by atoms with E-state index in [-0.39, 0.29) is 5.91 Å². The van der Waals surface area contributed by atoms with Gasteiger partial charge in [-0.25, -0.2) is 19.9 Å². The van der Waals surface area contributed by atoms with Gasteiger partial charge < -0.3 is 19.4 Å². The summed E-state index contributed by atoms with van der Waals surface area (Å²) in [6, 6.07) is 3.57. The summed E-state index contributed by atoms with van der Waals surface area (Å²) >= 11 is 0. The summed E-state index contributed by atoms with van der Waals surface area (Å²) in [6.07, 6.45) is 4.92. The smallest absolute Gasteiger partial charge is 0.272 e. The maximum absolute atomic E-state index is 12.8. The molecule has 26 heavy (non-hydrogen) atoms. The number of morpholine rings is 1. The molecule has 2 saturated heterocycles. The van der Waals surface area contributed by atoms with Gasteiger partial charge in [0.25, 0.3) is 5.91 Å². The van der Waals surface area contributed by atoms with Crippen LogP contribution in [0.15, 0.2) is 30.9 Å². The van der Waals surface area contributed by atoms with E-state index in [1.807, 2.05) is 4.90 Å². The normalized spacial score (nSPS) is 18.1. The number of rotatable bonds is 3. The third kappa shape index (κ3) is 3.57. The number of amides is 1. The van der Waals surface area contributed by atoms with Crippen molar-refractivity contribution in [1.29, 1.82) is 0 Å². The van der Waals surface area contributed by atoms with Crippen molar-refractivity contribution in [1.82, 2.24) is 24.8 Å². The monoisotopic (exact) mass is 355 g/mol. The molecule has 2 aliphatic heterocycles. The molecule has 0 radical (unpaired) electrons. The zero-order valence-corrected chi connectivity index (χ0v) is 14.5. The summed E-state index contributed by atoms with van der Waals surface area (Å²) in [5.41, 5.74) is 0.436. The van der Waals surface area contributed by atoms with E-state index >= 15 is 0 Å². The zero-order valence-electron chi connectivity index (χ0n) is 14.5. The van der Waals surface area contributed by atoms with E-state index < -0.39 is 0 Å². The minimum absolute atomic E-state index is 0.0597. The molecule has 0 bridgehead atoms. The predicted molar refractivity (Wildman–Crippen MR) is 95.2 cm³/mol. The van der Waals surface area contributed by atoms with Gasteiger partial charge in [0.1, 0.15) is 17.8 Å². The minimum atomic E-state index is -0.0597. The second-order valence-corrected chi connectivity index (χ2v) is 6.19. The minimum Gasteiger partial charge on any atom is -0.378 e. The first-order valence-corrected chi connectivity index (χ1v) is 8.77. The van der Waals surface area contributed by atoms with Gasteiger partial charge >= 0.3 is 0 Å². The maximum atomic E-state index is 12.8. The van der Waals surface area contributed by atoms with Gasteiger partial charge in [0.2, 0.25) is 5.95 Å². The molecule has 0 aliphatic carbocycles. The largest absolute Gasteiger partial charge is 0.378 e. The maximum Gasteiger partial charge on any atom is 0.272 e. The van der Waals surface area contributed by atoms with E-state index in [9.17, 15) is 4.79 Å². The first-order chi connectivity index (χ1) is 12.8. The number of hydrogen-bond donors (Lipinski definition) is 0. The number of aromatic nitrogens is 4. The second kappa shape index (κ2) is 7.61. The van der Waals surface area contributed by atoms with E-state index in [0.717, 1.165) is 18.9 Å². The quantitative estimate of drug-likeness (QED) is 0.764. The summed E-state index contributed by atoms with van der Waals surface area (Å²) in [5.74, 6) is 1.43. The van der Waals surface area contributed by atoms with Crippen LogP contribution in [0.1, 0.15) is 10.5 Å². The Hall–Kier alpha value is -2.81. The van der Waals surface area contributed by atoms with Crippen molar-refractivity contribution in [2.24, 2.45) is 0 Å². The average molecular weight is 355 g/mol. The number of ether oxygens (including phenoxy) is 1. The van der Waals surface area contributed by atoms with Gasteiger partial charge in [-0.2, -0.15) is 0 Å². The van der Waals surface area contributed by atoms with E-state index in [4.69, 9.17) is 4.74 Å². The summed E-state index contributed by atoms with van der Waals surface area (Å²) in [4.78, 5) is 35.9. The standard InChI is InChI=1S/C17H21N7O2/c25-16(14-12-15(21-13-20-14)22-8-10-26-11-9-22)23-4-6-24(7-5-23)17-18-2-1-3-19-17/h1-3,12-13H,4-11H2. The average Bonchev–Trinajstić information content (AvgIpc) is 2.75. The Balaban J connectivity index is 1.40. The Morgan fingerprint density at radius 1 is 0.885 bits per heavy atom. The molecule has 1 amide bonds. The van der Waals surface area contributed by atoms with Crippen molar-refractivity contribution in [3.8, 4) is 0 Å². The number of carbonyl (C=O) groups excluding carboxylic acids is 1. The van der Waals surface area contributed by atoms with Gasteiger partial charge in [0, 0.05) is 57.7 Å². The van der Waals surface area contributed by atoms with Crippen LogP contribution in [0.5, 0.6) is 0 Å². The van der Waals surface area contributed by atoms with Crippen LogP contribution in [0.4, 0.5) is 11.8 Å². The summed E-state index contributed by atoms with van der Waals surface area (Å²) in [5, 5.41) is 0. The molecule has 9 nitrogen and oxygen atoms in total. The molecular weight excluding hydrogens is 334 g/mol. The lowest BCUT2D eigenvalue weighted by molar-refractivity contribution is 0.0740. The van der Waals surface area contributed by atoms with Crippen molar-refractivity contribution in [3.05, 3.63) is 36.5 Å². The fourth-order valence-electron chi connectivity index (χ4n) is 3.16. The van der Waals surface area contributed by atoms with E-state index in [1.54, 1.807) is 24.5 Å². The lowest BCUT2D eigenvalue weighted by Crippen LogP contribution is -2.49. The highest BCUT2D eigenvalue weighted by atomic mass is 16.5. The zero-order chi connectivity index (χ0) is 17.8. The molecule has 0 saturated carbocycles. The molecule has 4 heterocycles. The molecule has 2 aliphatic rings. The number of carbonyl (C=O) groups is 1. The molecule has 0 atom stereocenters. The molecule has 0 N–H and O–H groups in total. The van der Waals surface area contributed by atoms with E-state index in [2.05, 4.69) is 29.7 Å². The number of hydrogen-bond acceptors (Lipinski definition) is 8. The molecule has 2 aromatic heterocycles. The van der Waals surface area contributed by atoms with Crippen LogP contribution in [-0.4, -0.2) is 83.2 Å². The molecule has 2 aromatic rings. The molecule has 0 spiro atoms. The lowest BCUT2D eigenvalue weighted by Gasteiger charge is -2.34. The number of nitrogens with zero attached hydrogens (tertiary/aromatic N) is 7. The first kappa shape index (κ1) is 16.6. The van der Waals surface area contributed by atoms with Crippen LogP contribution >= 0.6 is 0 Å². The van der Waals surface area contributed by atoms with Crippen LogP contribution < -0.4 is 9.80 Å². The van der Waals surface area contributed by atoms with Crippen molar-refractivity contribution in [2.75, 3.05) is 62.3 Å².